The van der Waals surface area contributed by atoms with Gasteiger partial charge in [-0.3, -0.25) is 24.7 Å². The summed E-state index contributed by atoms with van der Waals surface area (Å²) < 4.78 is 13.1. The van der Waals surface area contributed by atoms with Crippen LogP contribution in [0, 0.1) is 17.7 Å². The number of carbonyl (C=O) groups is 3. The van der Waals surface area contributed by atoms with E-state index in [-0.39, 0.29) is 17.3 Å². The topological polar surface area (TPSA) is 78.8 Å². The first-order chi connectivity index (χ1) is 11.1. The average Bonchev–Trinajstić information content (AvgIpc) is 3.03. The molecule has 4 rings (SSSR count). The van der Waals surface area contributed by atoms with Crippen molar-refractivity contribution in [3.05, 3.63) is 47.8 Å². The van der Waals surface area contributed by atoms with Crippen LogP contribution in [-0.2, 0) is 9.59 Å². The van der Waals surface area contributed by atoms with Crippen LogP contribution in [0.1, 0.15) is 10.4 Å². The predicted molar refractivity (Wildman–Crippen MR) is 77.9 cm³/mol. The van der Waals surface area contributed by atoms with E-state index in [9.17, 15) is 18.8 Å². The third-order valence-electron chi connectivity index (χ3n) is 4.53. The number of hydrogen-bond donors (Lipinski definition) is 1. The van der Waals surface area contributed by atoms with Gasteiger partial charge >= 0.3 is 0 Å². The number of fused-ring (bicyclic) bond motifs is 3. The van der Waals surface area contributed by atoms with Crippen molar-refractivity contribution in [2.75, 3.05) is 0 Å². The van der Waals surface area contributed by atoms with Gasteiger partial charge in [0.2, 0.25) is 11.8 Å². The lowest BCUT2D eigenvalue weighted by atomic mass is 9.86. The van der Waals surface area contributed by atoms with Crippen LogP contribution in [0.15, 0.2) is 41.5 Å². The summed E-state index contributed by atoms with van der Waals surface area (Å²) in [7, 11) is 0. The molecule has 0 bridgehead atoms. The van der Waals surface area contributed by atoms with E-state index < -0.39 is 35.6 Å². The summed E-state index contributed by atoms with van der Waals surface area (Å²) in [5.74, 6) is -3.06. The molecular weight excluding hydrogens is 301 g/mol. The van der Waals surface area contributed by atoms with Crippen molar-refractivity contribution >= 4 is 23.8 Å². The molecule has 1 aromatic carbocycles. The summed E-state index contributed by atoms with van der Waals surface area (Å²) in [5.41, 5.74) is 0.285. The van der Waals surface area contributed by atoms with Crippen molar-refractivity contribution in [2.24, 2.45) is 16.9 Å². The van der Waals surface area contributed by atoms with Gasteiger partial charge in [-0.25, -0.2) is 4.39 Å². The van der Waals surface area contributed by atoms with Crippen molar-refractivity contribution in [3.8, 4) is 0 Å². The third-order valence-corrected chi connectivity index (χ3v) is 4.53. The van der Waals surface area contributed by atoms with Gasteiger partial charge in [0.05, 0.1) is 17.9 Å². The number of benzene rings is 1. The van der Waals surface area contributed by atoms with E-state index in [0.717, 1.165) is 0 Å². The van der Waals surface area contributed by atoms with E-state index in [0.29, 0.717) is 0 Å². The number of imide groups is 1. The van der Waals surface area contributed by atoms with Crippen molar-refractivity contribution in [1.82, 2.24) is 10.3 Å². The monoisotopic (exact) mass is 313 g/mol. The Balaban J connectivity index is 1.76. The lowest BCUT2D eigenvalue weighted by Crippen LogP contribution is -2.44. The third kappa shape index (κ3) is 1.93. The molecule has 0 saturated carbocycles. The molecule has 0 aliphatic carbocycles. The second-order valence-corrected chi connectivity index (χ2v) is 5.74. The van der Waals surface area contributed by atoms with Crippen molar-refractivity contribution in [2.45, 2.75) is 12.1 Å². The molecule has 4 atom stereocenters. The Bertz CT molecular complexity index is 771. The van der Waals surface area contributed by atoms with Gasteiger partial charge in [0.1, 0.15) is 11.9 Å². The highest BCUT2D eigenvalue weighted by Gasteiger charge is 2.61. The highest BCUT2D eigenvalue weighted by atomic mass is 19.1. The zero-order valence-corrected chi connectivity index (χ0v) is 11.8. The molecule has 1 aromatic rings. The number of hydrazone groups is 1. The van der Waals surface area contributed by atoms with Crippen LogP contribution in [-0.4, -0.2) is 40.9 Å². The molecular formula is C16H12FN3O3. The molecule has 6 nitrogen and oxygen atoms in total. The van der Waals surface area contributed by atoms with Crippen LogP contribution in [0.3, 0.4) is 0 Å². The normalized spacial score (nSPS) is 31.1. The molecule has 7 heteroatoms. The Morgan fingerprint density at radius 1 is 1.13 bits per heavy atom. The van der Waals surface area contributed by atoms with Gasteiger partial charge in [-0.05, 0) is 30.3 Å². The number of nitrogens with one attached hydrogen (secondary N) is 1. The molecule has 2 amide bonds. The lowest BCUT2D eigenvalue weighted by Gasteiger charge is -2.28. The standard InChI is InChI=1S/C16H12FN3O3/c17-9-5-3-8(4-6-9)14(21)13-12-11(15(22)19-16(12)23)10-2-1-7-18-20(10)13/h1-7,10-13H,(H,19,22,23)/t10-,11-,12-,13+/m1/s1. The molecule has 0 spiro atoms. The minimum Gasteiger partial charge on any atom is -0.296 e. The zero-order valence-electron chi connectivity index (χ0n) is 11.8. The van der Waals surface area contributed by atoms with E-state index in [2.05, 4.69) is 10.4 Å². The molecule has 0 aromatic heterocycles. The summed E-state index contributed by atoms with van der Waals surface area (Å²) in [5, 5.41) is 7.99. The van der Waals surface area contributed by atoms with Gasteiger partial charge in [-0.1, -0.05) is 6.08 Å². The second kappa shape index (κ2) is 4.84. The summed E-state index contributed by atoms with van der Waals surface area (Å²) in [6.45, 7) is 0. The number of rotatable bonds is 2. The van der Waals surface area contributed by atoms with E-state index >= 15 is 0 Å². The summed E-state index contributed by atoms with van der Waals surface area (Å²) in [6.07, 6.45) is 4.98. The summed E-state index contributed by atoms with van der Waals surface area (Å²) in [4.78, 5) is 37.1. The molecule has 3 aliphatic rings. The molecule has 0 radical (unpaired) electrons. The SMILES string of the molecule is O=C1NC(=O)[C@H]2[C@@H]1[C@@H](C(=O)c1ccc(F)cc1)N1N=CC=C[C@H]21. The van der Waals surface area contributed by atoms with E-state index in [4.69, 9.17) is 0 Å². The van der Waals surface area contributed by atoms with E-state index in [1.807, 2.05) is 0 Å². The number of ketones is 1. The number of amides is 2. The first kappa shape index (κ1) is 13.8. The molecule has 0 unspecified atom stereocenters. The largest absolute Gasteiger partial charge is 0.296 e. The van der Waals surface area contributed by atoms with Crippen molar-refractivity contribution in [1.29, 1.82) is 0 Å². The smallest absolute Gasteiger partial charge is 0.233 e. The summed E-state index contributed by atoms with van der Waals surface area (Å²) >= 11 is 0. The van der Waals surface area contributed by atoms with Crippen LogP contribution in [0.5, 0.6) is 0 Å². The minimum atomic E-state index is -0.872. The number of carbonyl (C=O) groups excluding carboxylic acids is 3. The number of nitrogens with zero attached hydrogens (tertiary/aromatic N) is 2. The molecule has 1 N–H and O–H groups in total. The fourth-order valence-electron chi connectivity index (χ4n) is 3.54. The first-order valence-electron chi connectivity index (χ1n) is 7.21. The van der Waals surface area contributed by atoms with Gasteiger partial charge < -0.3 is 0 Å². The van der Waals surface area contributed by atoms with Crippen molar-refractivity contribution in [3.63, 3.8) is 0 Å². The highest BCUT2D eigenvalue weighted by Crippen LogP contribution is 2.42. The van der Waals surface area contributed by atoms with Crippen LogP contribution in [0.2, 0.25) is 0 Å². The van der Waals surface area contributed by atoms with Crippen LogP contribution in [0.25, 0.3) is 0 Å². The Hall–Kier alpha value is -2.83. The number of allylic oxidation sites excluding steroid dienone is 1. The lowest BCUT2D eigenvalue weighted by molar-refractivity contribution is -0.127. The maximum Gasteiger partial charge on any atom is 0.233 e. The Labute approximate surface area is 130 Å². The quantitative estimate of drug-likeness (QED) is 0.637. The number of halogens is 1. The Morgan fingerprint density at radius 2 is 1.83 bits per heavy atom. The molecule has 116 valence electrons. The first-order valence-corrected chi connectivity index (χ1v) is 7.21. The van der Waals surface area contributed by atoms with Gasteiger partial charge in [0.25, 0.3) is 0 Å². The van der Waals surface area contributed by atoms with Gasteiger partial charge in [0, 0.05) is 11.8 Å². The molecule has 2 saturated heterocycles. The molecule has 23 heavy (non-hydrogen) atoms. The summed E-state index contributed by atoms with van der Waals surface area (Å²) in [6, 6.07) is 3.83. The van der Waals surface area contributed by atoms with E-state index in [1.165, 1.54) is 35.5 Å². The molecule has 3 heterocycles. The Morgan fingerprint density at radius 3 is 2.57 bits per heavy atom. The fourth-order valence-corrected chi connectivity index (χ4v) is 3.54. The van der Waals surface area contributed by atoms with Gasteiger partial charge in [0.15, 0.2) is 5.78 Å². The minimum absolute atomic E-state index is 0.285. The number of Topliss-reactive ketones (excluding diaryl/α,β-unsaturated/α-hetero) is 1. The zero-order chi connectivity index (χ0) is 16.1. The molecule has 3 aliphatic heterocycles. The van der Waals surface area contributed by atoms with Crippen LogP contribution < -0.4 is 5.32 Å². The second-order valence-electron chi connectivity index (χ2n) is 5.74. The maximum absolute atomic E-state index is 13.1. The highest BCUT2D eigenvalue weighted by molar-refractivity contribution is 6.11. The maximum atomic E-state index is 13.1. The Kier molecular flexibility index (Phi) is 2.90. The van der Waals surface area contributed by atoms with Gasteiger partial charge in [-0.15, -0.1) is 0 Å². The number of hydrogen-bond acceptors (Lipinski definition) is 5. The van der Waals surface area contributed by atoms with Crippen molar-refractivity contribution < 1.29 is 18.8 Å². The van der Waals surface area contributed by atoms with E-state index in [1.54, 1.807) is 12.2 Å². The molecule has 2 fully saturated rings. The van der Waals surface area contributed by atoms with Crippen LogP contribution in [0.4, 0.5) is 4.39 Å². The van der Waals surface area contributed by atoms with Gasteiger partial charge in [-0.2, -0.15) is 5.10 Å². The average molecular weight is 313 g/mol. The fraction of sp³-hybridized carbons (Fsp3) is 0.250. The predicted octanol–water partition coefficient (Wildman–Crippen LogP) is 0.506. The van der Waals surface area contributed by atoms with Crippen LogP contribution >= 0.6 is 0 Å².